The SMILES string of the molecule is CC1CC(OC(=O)c2cc(F)ccc2N)CC(C)(C)C1. The molecule has 0 saturated heterocycles. The van der Waals surface area contributed by atoms with E-state index in [1.54, 1.807) is 0 Å². The maximum atomic E-state index is 13.2. The molecule has 0 radical (unpaired) electrons. The monoisotopic (exact) mass is 279 g/mol. The molecule has 0 spiro atoms. The highest BCUT2D eigenvalue weighted by atomic mass is 19.1. The predicted molar refractivity (Wildman–Crippen MR) is 76.8 cm³/mol. The molecule has 2 rings (SSSR count). The van der Waals surface area contributed by atoms with Gasteiger partial charge >= 0.3 is 5.97 Å². The second kappa shape index (κ2) is 5.43. The van der Waals surface area contributed by atoms with Crippen molar-refractivity contribution in [1.82, 2.24) is 0 Å². The lowest BCUT2D eigenvalue weighted by Crippen LogP contribution is -2.34. The number of rotatable bonds is 2. The fourth-order valence-corrected chi connectivity index (χ4v) is 3.27. The second-order valence-electron chi connectivity index (χ2n) is 6.67. The Balaban J connectivity index is 2.09. The molecule has 0 heterocycles. The van der Waals surface area contributed by atoms with Crippen molar-refractivity contribution in [1.29, 1.82) is 0 Å². The van der Waals surface area contributed by atoms with Crippen LogP contribution in [0.4, 0.5) is 10.1 Å². The summed E-state index contributed by atoms with van der Waals surface area (Å²) in [6.07, 6.45) is 2.69. The molecule has 4 heteroatoms. The fourth-order valence-electron chi connectivity index (χ4n) is 3.27. The molecule has 0 aromatic heterocycles. The molecule has 1 aliphatic carbocycles. The van der Waals surface area contributed by atoms with Crippen LogP contribution in [0.5, 0.6) is 0 Å². The molecule has 1 aromatic carbocycles. The minimum absolute atomic E-state index is 0.112. The van der Waals surface area contributed by atoms with E-state index in [1.165, 1.54) is 12.1 Å². The Morgan fingerprint density at radius 3 is 2.75 bits per heavy atom. The van der Waals surface area contributed by atoms with Crippen molar-refractivity contribution >= 4 is 11.7 Å². The van der Waals surface area contributed by atoms with E-state index in [4.69, 9.17) is 10.5 Å². The van der Waals surface area contributed by atoms with Gasteiger partial charge in [-0.15, -0.1) is 0 Å². The summed E-state index contributed by atoms with van der Waals surface area (Å²) in [6.45, 7) is 6.53. The van der Waals surface area contributed by atoms with Gasteiger partial charge in [0.15, 0.2) is 0 Å². The number of hydrogen-bond donors (Lipinski definition) is 1. The number of carbonyl (C=O) groups excluding carboxylic acids is 1. The van der Waals surface area contributed by atoms with Crippen LogP contribution >= 0.6 is 0 Å². The molecule has 20 heavy (non-hydrogen) atoms. The molecule has 0 bridgehead atoms. The van der Waals surface area contributed by atoms with Crippen molar-refractivity contribution in [2.45, 2.75) is 46.1 Å². The van der Waals surface area contributed by atoms with Gasteiger partial charge in [0.25, 0.3) is 0 Å². The second-order valence-corrected chi connectivity index (χ2v) is 6.67. The zero-order valence-electron chi connectivity index (χ0n) is 12.3. The third kappa shape index (κ3) is 3.50. The molecule has 1 aliphatic rings. The molecule has 2 N–H and O–H groups in total. The predicted octanol–water partition coefficient (Wildman–Crippen LogP) is 3.78. The third-order valence-electron chi connectivity index (χ3n) is 3.86. The van der Waals surface area contributed by atoms with E-state index < -0.39 is 11.8 Å². The highest BCUT2D eigenvalue weighted by molar-refractivity contribution is 5.95. The van der Waals surface area contributed by atoms with Crippen LogP contribution in [0.25, 0.3) is 0 Å². The first-order chi connectivity index (χ1) is 9.27. The quantitative estimate of drug-likeness (QED) is 0.662. The van der Waals surface area contributed by atoms with Gasteiger partial charge in [-0.25, -0.2) is 9.18 Å². The first-order valence-corrected chi connectivity index (χ1v) is 7.03. The minimum Gasteiger partial charge on any atom is -0.459 e. The van der Waals surface area contributed by atoms with Crippen molar-refractivity contribution in [3.8, 4) is 0 Å². The molecule has 1 saturated carbocycles. The maximum absolute atomic E-state index is 13.2. The Kier molecular flexibility index (Phi) is 4.02. The van der Waals surface area contributed by atoms with Gasteiger partial charge < -0.3 is 10.5 Å². The van der Waals surface area contributed by atoms with Gasteiger partial charge in [0.1, 0.15) is 11.9 Å². The Labute approximate surface area is 119 Å². The van der Waals surface area contributed by atoms with Gasteiger partial charge in [0, 0.05) is 5.69 Å². The van der Waals surface area contributed by atoms with Crippen LogP contribution in [0.3, 0.4) is 0 Å². The summed E-state index contributed by atoms with van der Waals surface area (Å²) < 4.78 is 18.7. The number of nitrogen functional groups attached to an aromatic ring is 1. The highest BCUT2D eigenvalue weighted by Crippen LogP contribution is 2.40. The molecule has 2 unspecified atom stereocenters. The number of hydrogen-bond acceptors (Lipinski definition) is 3. The van der Waals surface area contributed by atoms with Gasteiger partial charge in [-0.05, 0) is 48.8 Å². The van der Waals surface area contributed by atoms with Crippen molar-refractivity contribution in [2.75, 3.05) is 5.73 Å². The molecular formula is C16H22FNO2. The Morgan fingerprint density at radius 1 is 1.40 bits per heavy atom. The summed E-state index contributed by atoms with van der Waals surface area (Å²) in [5, 5.41) is 0. The van der Waals surface area contributed by atoms with E-state index in [0.717, 1.165) is 25.3 Å². The number of benzene rings is 1. The number of anilines is 1. The maximum Gasteiger partial charge on any atom is 0.340 e. The van der Waals surface area contributed by atoms with Crippen molar-refractivity contribution in [3.05, 3.63) is 29.6 Å². The molecule has 3 nitrogen and oxygen atoms in total. The van der Waals surface area contributed by atoms with Crippen LogP contribution in [-0.4, -0.2) is 12.1 Å². The lowest BCUT2D eigenvalue weighted by Gasteiger charge is -2.38. The average molecular weight is 279 g/mol. The minimum atomic E-state index is -0.531. The summed E-state index contributed by atoms with van der Waals surface area (Å²) in [5.41, 5.74) is 6.23. The number of halogens is 1. The van der Waals surface area contributed by atoms with Gasteiger partial charge in [-0.1, -0.05) is 20.8 Å². The molecular weight excluding hydrogens is 257 g/mol. The summed E-state index contributed by atoms with van der Waals surface area (Å²) in [7, 11) is 0. The van der Waals surface area contributed by atoms with Crippen LogP contribution in [0.15, 0.2) is 18.2 Å². The normalized spacial score (nSPS) is 25.2. The van der Waals surface area contributed by atoms with Gasteiger partial charge in [0.05, 0.1) is 5.56 Å². The number of carbonyl (C=O) groups is 1. The van der Waals surface area contributed by atoms with E-state index in [-0.39, 0.29) is 22.8 Å². The van der Waals surface area contributed by atoms with Crippen LogP contribution in [0.1, 0.15) is 50.4 Å². The summed E-state index contributed by atoms with van der Waals surface area (Å²) in [5.74, 6) is -0.498. The Hall–Kier alpha value is -1.58. The zero-order valence-corrected chi connectivity index (χ0v) is 12.3. The standard InChI is InChI=1S/C16H22FNO2/c1-10-6-12(9-16(2,3)8-10)20-15(19)13-7-11(17)4-5-14(13)18/h4-5,7,10,12H,6,8-9,18H2,1-3H3. The number of esters is 1. The first-order valence-electron chi connectivity index (χ1n) is 7.03. The summed E-state index contributed by atoms with van der Waals surface area (Å²) >= 11 is 0. The van der Waals surface area contributed by atoms with Crippen LogP contribution in [0, 0.1) is 17.2 Å². The highest BCUT2D eigenvalue weighted by Gasteiger charge is 2.34. The Morgan fingerprint density at radius 2 is 2.10 bits per heavy atom. The van der Waals surface area contributed by atoms with Gasteiger partial charge in [-0.3, -0.25) is 0 Å². The lowest BCUT2D eigenvalue weighted by molar-refractivity contribution is -0.00708. The lowest BCUT2D eigenvalue weighted by atomic mass is 9.71. The Bertz CT molecular complexity index is 513. The van der Waals surface area contributed by atoms with Crippen molar-refractivity contribution in [3.63, 3.8) is 0 Å². The molecule has 2 atom stereocenters. The van der Waals surface area contributed by atoms with Crippen molar-refractivity contribution in [2.24, 2.45) is 11.3 Å². The van der Waals surface area contributed by atoms with E-state index >= 15 is 0 Å². The van der Waals surface area contributed by atoms with E-state index in [1.807, 2.05) is 0 Å². The van der Waals surface area contributed by atoms with Crippen molar-refractivity contribution < 1.29 is 13.9 Å². The van der Waals surface area contributed by atoms with E-state index in [9.17, 15) is 9.18 Å². The van der Waals surface area contributed by atoms with Gasteiger partial charge in [0.2, 0.25) is 0 Å². The average Bonchev–Trinajstić information content (AvgIpc) is 2.29. The molecule has 110 valence electrons. The van der Waals surface area contributed by atoms with Crippen LogP contribution in [0.2, 0.25) is 0 Å². The molecule has 0 aliphatic heterocycles. The molecule has 1 fully saturated rings. The number of ether oxygens (including phenoxy) is 1. The topological polar surface area (TPSA) is 52.3 Å². The van der Waals surface area contributed by atoms with E-state index in [0.29, 0.717) is 5.92 Å². The van der Waals surface area contributed by atoms with Gasteiger partial charge in [-0.2, -0.15) is 0 Å². The largest absolute Gasteiger partial charge is 0.459 e. The van der Waals surface area contributed by atoms with E-state index in [2.05, 4.69) is 20.8 Å². The van der Waals surface area contributed by atoms with Crippen LogP contribution < -0.4 is 5.73 Å². The third-order valence-corrected chi connectivity index (χ3v) is 3.86. The summed E-state index contributed by atoms with van der Waals surface area (Å²) in [6, 6.07) is 3.76. The zero-order chi connectivity index (χ0) is 14.9. The first kappa shape index (κ1) is 14.8. The summed E-state index contributed by atoms with van der Waals surface area (Å²) in [4.78, 5) is 12.1. The van der Waals surface area contributed by atoms with Crippen LogP contribution in [-0.2, 0) is 4.74 Å². The molecule has 1 aromatic rings. The number of nitrogens with two attached hydrogens (primary N) is 1. The smallest absolute Gasteiger partial charge is 0.340 e. The fraction of sp³-hybridized carbons (Fsp3) is 0.562. The molecule has 0 amide bonds.